The van der Waals surface area contributed by atoms with Crippen molar-refractivity contribution in [2.75, 3.05) is 0 Å². The molecule has 0 aliphatic heterocycles. The highest BCUT2D eigenvalue weighted by Gasteiger charge is 2.50. The maximum atomic E-state index is 13.2. The Morgan fingerprint density at radius 2 is 1.78 bits per heavy atom. The van der Waals surface area contributed by atoms with Crippen molar-refractivity contribution < 1.29 is 19.0 Å². The minimum absolute atomic E-state index is 0.370. The van der Waals surface area contributed by atoms with E-state index in [2.05, 4.69) is 0 Å². The van der Waals surface area contributed by atoms with Gasteiger partial charge < -0.3 is 9.84 Å². The molecule has 0 amide bonds. The molecule has 2 aromatic carbocycles. The summed E-state index contributed by atoms with van der Waals surface area (Å²) in [5, 5.41) is 9.99. The second-order valence-corrected chi connectivity index (χ2v) is 5.95. The number of rotatable bonds is 4. The average Bonchev–Trinajstić information content (AvgIpc) is 2.57. The van der Waals surface area contributed by atoms with Gasteiger partial charge in [0.25, 0.3) is 0 Å². The summed E-state index contributed by atoms with van der Waals surface area (Å²) in [5.74, 6) is -0.623. The van der Waals surface area contributed by atoms with Crippen molar-refractivity contribution in [2.45, 2.75) is 37.2 Å². The molecule has 3 rings (SSSR count). The van der Waals surface area contributed by atoms with Crippen LogP contribution in [0.25, 0.3) is 0 Å². The zero-order valence-electron chi connectivity index (χ0n) is 12.7. The number of ether oxygens (including phenoxy) is 1. The fourth-order valence-electron chi connectivity index (χ4n) is 3.41. The van der Waals surface area contributed by atoms with Crippen molar-refractivity contribution >= 4 is 5.97 Å². The molecular formula is C19H19FO3. The van der Waals surface area contributed by atoms with Crippen LogP contribution >= 0.6 is 0 Å². The molecule has 23 heavy (non-hydrogen) atoms. The fourth-order valence-corrected chi connectivity index (χ4v) is 3.41. The smallest absolute Gasteiger partial charge is 0.317 e. The molecule has 1 fully saturated rings. The highest BCUT2D eigenvalue weighted by Crippen LogP contribution is 2.42. The van der Waals surface area contributed by atoms with Gasteiger partial charge >= 0.3 is 5.97 Å². The number of carboxylic acid groups (broad SMARTS) is 1. The molecule has 2 unspecified atom stereocenters. The minimum Gasteiger partial charge on any atom is -0.489 e. The third kappa shape index (κ3) is 2.93. The van der Waals surface area contributed by atoms with Crippen molar-refractivity contribution in [3.63, 3.8) is 0 Å². The van der Waals surface area contributed by atoms with E-state index in [1.807, 2.05) is 30.3 Å². The number of carboxylic acids is 1. The molecule has 0 spiro atoms. The van der Waals surface area contributed by atoms with Gasteiger partial charge in [-0.15, -0.1) is 0 Å². The maximum absolute atomic E-state index is 13.2. The van der Waals surface area contributed by atoms with Crippen LogP contribution in [0.15, 0.2) is 54.6 Å². The molecule has 4 heteroatoms. The monoisotopic (exact) mass is 314 g/mol. The van der Waals surface area contributed by atoms with E-state index >= 15 is 0 Å². The van der Waals surface area contributed by atoms with E-state index in [1.54, 1.807) is 12.1 Å². The summed E-state index contributed by atoms with van der Waals surface area (Å²) in [5.41, 5.74) is -0.533. The lowest BCUT2D eigenvalue weighted by Crippen LogP contribution is -2.51. The lowest BCUT2D eigenvalue weighted by Gasteiger charge is -2.41. The summed E-state index contributed by atoms with van der Waals surface area (Å²) in [6, 6.07) is 15.0. The first-order valence-electron chi connectivity index (χ1n) is 7.84. The molecule has 2 aromatic rings. The standard InChI is InChI=1S/C19H19FO3/c20-15-11-9-14(10-12-15)19(18(21)22)13-5-4-8-17(19)23-16-6-2-1-3-7-16/h1-3,6-7,9-12,17H,4-5,8,13H2,(H,21,22). The van der Waals surface area contributed by atoms with E-state index in [0.717, 1.165) is 12.8 Å². The second-order valence-electron chi connectivity index (χ2n) is 5.95. The molecule has 1 saturated carbocycles. The molecular weight excluding hydrogens is 295 g/mol. The van der Waals surface area contributed by atoms with Crippen molar-refractivity contribution in [2.24, 2.45) is 0 Å². The van der Waals surface area contributed by atoms with E-state index in [1.165, 1.54) is 12.1 Å². The highest BCUT2D eigenvalue weighted by atomic mass is 19.1. The van der Waals surface area contributed by atoms with Gasteiger partial charge in [-0.05, 0) is 49.1 Å². The SMILES string of the molecule is O=C(O)C1(c2ccc(F)cc2)CCCCC1Oc1ccccc1. The van der Waals surface area contributed by atoms with Crippen molar-refractivity contribution in [3.8, 4) is 5.75 Å². The highest BCUT2D eigenvalue weighted by molar-refractivity contribution is 5.82. The Kier molecular flexibility index (Phi) is 4.33. The van der Waals surface area contributed by atoms with Crippen LogP contribution < -0.4 is 4.74 Å². The molecule has 0 bridgehead atoms. The lowest BCUT2D eigenvalue weighted by molar-refractivity contribution is -0.150. The van der Waals surface area contributed by atoms with Crippen LogP contribution in [0, 0.1) is 5.82 Å². The fraction of sp³-hybridized carbons (Fsp3) is 0.316. The topological polar surface area (TPSA) is 46.5 Å². The maximum Gasteiger partial charge on any atom is 0.317 e. The quantitative estimate of drug-likeness (QED) is 0.921. The molecule has 1 aliphatic rings. The first-order chi connectivity index (χ1) is 11.1. The van der Waals surface area contributed by atoms with Gasteiger partial charge in [0.1, 0.15) is 23.1 Å². The number of hydrogen-bond acceptors (Lipinski definition) is 2. The molecule has 1 N–H and O–H groups in total. The Balaban J connectivity index is 2.00. The van der Waals surface area contributed by atoms with Gasteiger partial charge in [-0.2, -0.15) is 0 Å². The van der Waals surface area contributed by atoms with E-state index in [4.69, 9.17) is 4.74 Å². The number of aliphatic carboxylic acids is 1. The Hall–Kier alpha value is -2.36. The zero-order valence-corrected chi connectivity index (χ0v) is 12.7. The first kappa shape index (κ1) is 15.5. The molecule has 0 saturated heterocycles. The minimum atomic E-state index is -1.14. The van der Waals surface area contributed by atoms with Crippen LogP contribution in [0.3, 0.4) is 0 Å². The number of hydrogen-bond donors (Lipinski definition) is 1. The number of para-hydroxylation sites is 1. The zero-order chi connectivity index (χ0) is 16.3. The van der Waals surface area contributed by atoms with Gasteiger partial charge in [0.05, 0.1) is 0 Å². The summed E-state index contributed by atoms with van der Waals surface area (Å²) in [7, 11) is 0. The van der Waals surface area contributed by atoms with E-state index in [-0.39, 0.29) is 5.82 Å². The van der Waals surface area contributed by atoms with Crippen molar-refractivity contribution in [3.05, 3.63) is 66.0 Å². The second kappa shape index (κ2) is 6.41. The molecule has 0 radical (unpaired) electrons. The van der Waals surface area contributed by atoms with Gasteiger partial charge in [0.2, 0.25) is 0 Å². The van der Waals surface area contributed by atoms with Crippen LogP contribution in [0.4, 0.5) is 4.39 Å². The Bertz CT molecular complexity index is 669. The van der Waals surface area contributed by atoms with E-state index < -0.39 is 17.5 Å². The number of carbonyl (C=O) groups is 1. The Morgan fingerprint density at radius 3 is 2.43 bits per heavy atom. The van der Waals surface area contributed by atoms with Gasteiger partial charge in [0, 0.05) is 0 Å². The summed E-state index contributed by atoms with van der Waals surface area (Å²) in [6.45, 7) is 0. The van der Waals surface area contributed by atoms with Crippen LogP contribution in [0.2, 0.25) is 0 Å². The summed E-state index contributed by atoms with van der Waals surface area (Å²) >= 11 is 0. The largest absolute Gasteiger partial charge is 0.489 e. The first-order valence-corrected chi connectivity index (χ1v) is 7.84. The normalized spacial score (nSPS) is 24.1. The number of benzene rings is 2. The summed E-state index contributed by atoms with van der Waals surface area (Å²) in [4.78, 5) is 12.2. The van der Waals surface area contributed by atoms with Crippen molar-refractivity contribution in [1.29, 1.82) is 0 Å². The van der Waals surface area contributed by atoms with E-state index in [0.29, 0.717) is 24.2 Å². The predicted octanol–water partition coefficient (Wildman–Crippen LogP) is 4.17. The van der Waals surface area contributed by atoms with E-state index in [9.17, 15) is 14.3 Å². The van der Waals surface area contributed by atoms with Gasteiger partial charge in [-0.1, -0.05) is 36.8 Å². The molecule has 3 nitrogen and oxygen atoms in total. The number of halogens is 1. The summed E-state index contributed by atoms with van der Waals surface area (Å²) in [6.07, 6.45) is 2.43. The lowest BCUT2D eigenvalue weighted by atomic mass is 9.67. The molecule has 0 aromatic heterocycles. The molecule has 120 valence electrons. The van der Waals surface area contributed by atoms with Crippen LogP contribution in [-0.2, 0) is 10.2 Å². The molecule has 0 heterocycles. The Labute approximate surface area is 134 Å². The van der Waals surface area contributed by atoms with Crippen LogP contribution in [-0.4, -0.2) is 17.2 Å². The van der Waals surface area contributed by atoms with Crippen LogP contribution in [0.5, 0.6) is 5.75 Å². The molecule has 1 aliphatic carbocycles. The van der Waals surface area contributed by atoms with Gasteiger partial charge in [0.15, 0.2) is 0 Å². The summed E-state index contributed by atoms with van der Waals surface area (Å²) < 4.78 is 19.3. The predicted molar refractivity (Wildman–Crippen MR) is 85.0 cm³/mol. The third-order valence-electron chi connectivity index (χ3n) is 4.60. The average molecular weight is 314 g/mol. The third-order valence-corrected chi connectivity index (χ3v) is 4.60. The van der Waals surface area contributed by atoms with Gasteiger partial charge in [-0.3, -0.25) is 4.79 Å². The van der Waals surface area contributed by atoms with Crippen LogP contribution in [0.1, 0.15) is 31.2 Å². The van der Waals surface area contributed by atoms with Crippen molar-refractivity contribution in [1.82, 2.24) is 0 Å². The molecule has 2 atom stereocenters. The van der Waals surface area contributed by atoms with Gasteiger partial charge in [-0.25, -0.2) is 4.39 Å². The Morgan fingerprint density at radius 1 is 1.09 bits per heavy atom.